The Kier molecular flexibility index (Phi) is 9.14. The van der Waals surface area contributed by atoms with Crippen molar-refractivity contribution in [1.29, 1.82) is 0 Å². The number of ether oxygens (including phenoxy) is 1. The maximum absolute atomic E-state index is 14.3. The van der Waals surface area contributed by atoms with Crippen molar-refractivity contribution < 1.29 is 19.1 Å². The summed E-state index contributed by atoms with van der Waals surface area (Å²) >= 11 is 0. The fourth-order valence-corrected chi connectivity index (χ4v) is 5.27. The van der Waals surface area contributed by atoms with Crippen LogP contribution in [-0.4, -0.2) is 47.4 Å². The number of unbranched alkanes of at least 4 members (excludes halogenated alkanes) is 2. The molecule has 7 heteroatoms. The molecule has 0 radical (unpaired) electrons. The molecule has 3 aromatic rings. The zero-order chi connectivity index (χ0) is 27.2. The van der Waals surface area contributed by atoms with E-state index in [4.69, 9.17) is 4.74 Å². The molecule has 37 heavy (non-hydrogen) atoms. The van der Waals surface area contributed by atoms with E-state index >= 15 is 0 Å². The number of hydrogen-bond donors (Lipinski definition) is 1. The molecule has 0 saturated heterocycles. The van der Waals surface area contributed by atoms with Gasteiger partial charge in [0.15, 0.2) is 0 Å². The van der Waals surface area contributed by atoms with Crippen molar-refractivity contribution in [2.24, 2.45) is 0 Å². The second kappa shape index (κ2) is 12.1. The summed E-state index contributed by atoms with van der Waals surface area (Å²) in [5, 5.41) is 3.80. The van der Waals surface area contributed by atoms with E-state index in [2.05, 4.69) is 12.2 Å². The van der Waals surface area contributed by atoms with Crippen LogP contribution in [0.4, 0.5) is 0 Å². The van der Waals surface area contributed by atoms with Gasteiger partial charge in [0, 0.05) is 42.2 Å². The van der Waals surface area contributed by atoms with Crippen LogP contribution in [-0.2, 0) is 15.1 Å². The molecule has 0 bridgehead atoms. The number of benzene rings is 2. The number of carbonyl (C=O) groups is 3. The summed E-state index contributed by atoms with van der Waals surface area (Å²) in [4.78, 5) is 42.6. The molecule has 7 nitrogen and oxygen atoms in total. The Morgan fingerprint density at radius 3 is 2.24 bits per heavy atom. The van der Waals surface area contributed by atoms with E-state index < -0.39 is 5.54 Å². The fraction of sp³-hybridized carbons (Fsp3) is 0.433. The summed E-state index contributed by atoms with van der Waals surface area (Å²) in [7, 11) is 1.59. The predicted octanol–water partition coefficient (Wildman–Crippen LogP) is 5.43. The molecule has 1 heterocycles. The number of methoxy groups -OCH3 is 1. The molecule has 3 rings (SSSR count). The molecular formula is C30H39N3O4. The molecule has 1 aromatic heterocycles. The maximum atomic E-state index is 14.3. The largest absolute Gasteiger partial charge is 0.497 e. The first-order chi connectivity index (χ1) is 17.7. The molecule has 1 unspecified atom stereocenters. The van der Waals surface area contributed by atoms with Gasteiger partial charge in [-0.05, 0) is 57.5 Å². The van der Waals surface area contributed by atoms with Crippen LogP contribution in [0.1, 0.15) is 75.0 Å². The molecule has 0 spiro atoms. The van der Waals surface area contributed by atoms with E-state index in [-0.39, 0.29) is 17.7 Å². The predicted molar refractivity (Wildman–Crippen MR) is 147 cm³/mol. The summed E-state index contributed by atoms with van der Waals surface area (Å²) in [6, 6.07) is 14.6. The Bertz CT molecular complexity index is 1260. The monoisotopic (exact) mass is 505 g/mol. The van der Waals surface area contributed by atoms with Gasteiger partial charge in [0.1, 0.15) is 11.3 Å². The quantitative estimate of drug-likeness (QED) is 0.353. The van der Waals surface area contributed by atoms with Crippen LogP contribution < -0.4 is 10.1 Å². The van der Waals surface area contributed by atoms with Gasteiger partial charge in [0.2, 0.25) is 5.91 Å². The first kappa shape index (κ1) is 28.0. The zero-order valence-corrected chi connectivity index (χ0v) is 22.9. The zero-order valence-electron chi connectivity index (χ0n) is 22.9. The Labute approximate surface area is 219 Å². The molecule has 0 fully saturated rings. The second-order valence-electron chi connectivity index (χ2n) is 9.37. The minimum atomic E-state index is -1.33. The van der Waals surface area contributed by atoms with Gasteiger partial charge < -0.3 is 15.0 Å². The number of fused-ring (bicyclic) bond motifs is 1. The lowest BCUT2D eigenvalue weighted by molar-refractivity contribution is -0.142. The molecule has 0 aliphatic rings. The van der Waals surface area contributed by atoms with Crippen molar-refractivity contribution in [3.05, 3.63) is 65.4 Å². The van der Waals surface area contributed by atoms with Crippen LogP contribution in [0, 0.1) is 6.92 Å². The average molecular weight is 506 g/mol. The fourth-order valence-electron chi connectivity index (χ4n) is 5.27. The topological polar surface area (TPSA) is 80.6 Å². The Morgan fingerprint density at radius 2 is 1.68 bits per heavy atom. The van der Waals surface area contributed by atoms with Crippen LogP contribution in [0.15, 0.2) is 48.5 Å². The molecule has 0 aliphatic carbocycles. The van der Waals surface area contributed by atoms with Crippen molar-refractivity contribution in [2.75, 3.05) is 20.2 Å². The van der Waals surface area contributed by atoms with E-state index in [0.29, 0.717) is 53.0 Å². The Morgan fingerprint density at radius 1 is 1.00 bits per heavy atom. The number of likely N-dealkylation sites (N-methyl/N-ethyl adjacent to an activating group) is 1. The van der Waals surface area contributed by atoms with Crippen molar-refractivity contribution in [1.82, 2.24) is 14.8 Å². The third kappa shape index (κ3) is 5.41. The minimum Gasteiger partial charge on any atom is -0.497 e. The maximum Gasteiger partial charge on any atom is 0.262 e. The van der Waals surface area contributed by atoms with Gasteiger partial charge in [0.25, 0.3) is 11.8 Å². The molecular weight excluding hydrogens is 466 g/mol. The highest BCUT2D eigenvalue weighted by Crippen LogP contribution is 2.41. The van der Waals surface area contributed by atoms with Crippen molar-refractivity contribution in [3.8, 4) is 5.75 Å². The number of carbonyl (C=O) groups excluding carboxylic acids is 3. The molecule has 2 amide bonds. The average Bonchev–Trinajstić information content (AvgIpc) is 3.19. The van der Waals surface area contributed by atoms with Gasteiger partial charge in [0.05, 0.1) is 12.6 Å². The molecule has 0 saturated carbocycles. The third-order valence-corrected chi connectivity index (χ3v) is 7.02. The van der Waals surface area contributed by atoms with E-state index in [1.807, 2.05) is 57.2 Å². The standard InChI is InChI=1S/C30H39N3O4/c1-7-10-14-19-30(31-22(5)34,29(36)32(8-2)9-3)27-21(4)33(28(35)23-15-12-11-13-16-23)26-18-17-24(37-6)20-25(26)27/h11-13,15-18,20H,7-10,14,19H2,1-6H3,(H,31,34). The highest BCUT2D eigenvalue weighted by Gasteiger charge is 2.46. The number of hydrogen-bond acceptors (Lipinski definition) is 4. The first-order valence-electron chi connectivity index (χ1n) is 13.1. The number of nitrogens with one attached hydrogen (secondary N) is 1. The summed E-state index contributed by atoms with van der Waals surface area (Å²) < 4.78 is 7.20. The van der Waals surface area contributed by atoms with Gasteiger partial charge >= 0.3 is 0 Å². The Balaban J connectivity index is 2.43. The summed E-state index contributed by atoms with van der Waals surface area (Å²) in [6.45, 7) is 10.3. The smallest absolute Gasteiger partial charge is 0.262 e. The summed E-state index contributed by atoms with van der Waals surface area (Å²) in [5.74, 6) is -0.0470. The van der Waals surface area contributed by atoms with Crippen LogP contribution in [0.2, 0.25) is 0 Å². The Hall–Kier alpha value is -3.61. The van der Waals surface area contributed by atoms with Crippen molar-refractivity contribution in [2.45, 2.75) is 65.8 Å². The minimum absolute atomic E-state index is 0.166. The SMILES string of the molecule is CCCCCC(NC(C)=O)(C(=O)N(CC)CC)c1c(C)n(C(=O)c2ccccc2)c2ccc(OC)cc12. The lowest BCUT2D eigenvalue weighted by Crippen LogP contribution is -2.57. The normalized spacial score (nSPS) is 12.7. The molecule has 0 aliphatic heterocycles. The van der Waals surface area contributed by atoms with Gasteiger partial charge in [-0.25, -0.2) is 0 Å². The molecule has 2 aromatic carbocycles. The molecule has 198 valence electrons. The number of rotatable bonds is 11. The van der Waals surface area contributed by atoms with E-state index in [1.165, 1.54) is 6.92 Å². The highest BCUT2D eigenvalue weighted by atomic mass is 16.5. The van der Waals surface area contributed by atoms with Crippen LogP contribution in [0.3, 0.4) is 0 Å². The second-order valence-corrected chi connectivity index (χ2v) is 9.37. The number of aromatic nitrogens is 1. The molecule has 1 atom stereocenters. The summed E-state index contributed by atoms with van der Waals surface area (Å²) in [5.41, 5.74) is 1.15. The first-order valence-corrected chi connectivity index (χ1v) is 13.1. The third-order valence-electron chi connectivity index (χ3n) is 7.02. The number of amides is 2. The van der Waals surface area contributed by atoms with E-state index in [1.54, 1.807) is 28.7 Å². The highest BCUT2D eigenvalue weighted by molar-refractivity contribution is 6.07. The van der Waals surface area contributed by atoms with Gasteiger partial charge in [-0.2, -0.15) is 0 Å². The van der Waals surface area contributed by atoms with Gasteiger partial charge in [-0.3, -0.25) is 19.0 Å². The van der Waals surface area contributed by atoms with Crippen molar-refractivity contribution >= 4 is 28.6 Å². The van der Waals surface area contributed by atoms with Crippen LogP contribution >= 0.6 is 0 Å². The van der Waals surface area contributed by atoms with Crippen LogP contribution in [0.25, 0.3) is 10.9 Å². The van der Waals surface area contributed by atoms with Gasteiger partial charge in [-0.1, -0.05) is 44.4 Å². The lowest BCUT2D eigenvalue weighted by atomic mass is 9.81. The van der Waals surface area contributed by atoms with E-state index in [0.717, 1.165) is 19.3 Å². The van der Waals surface area contributed by atoms with Gasteiger partial charge in [-0.15, -0.1) is 0 Å². The van der Waals surface area contributed by atoms with Crippen LogP contribution in [0.5, 0.6) is 5.75 Å². The van der Waals surface area contributed by atoms with E-state index in [9.17, 15) is 14.4 Å². The number of nitrogens with zero attached hydrogens (tertiary/aromatic N) is 2. The summed E-state index contributed by atoms with van der Waals surface area (Å²) in [6.07, 6.45) is 3.05. The lowest BCUT2D eigenvalue weighted by Gasteiger charge is -2.38. The van der Waals surface area contributed by atoms with Crippen molar-refractivity contribution in [3.63, 3.8) is 0 Å². The molecule has 1 N–H and O–H groups in total.